The van der Waals surface area contributed by atoms with Crippen LogP contribution in [-0.4, -0.2) is 40.3 Å². The van der Waals surface area contributed by atoms with Crippen molar-refractivity contribution < 1.29 is 13.9 Å². The number of hydrogen-bond acceptors (Lipinski definition) is 3. The fourth-order valence-electron chi connectivity index (χ4n) is 3.31. The van der Waals surface area contributed by atoms with Crippen molar-refractivity contribution in [2.24, 2.45) is 0 Å². The lowest BCUT2D eigenvalue weighted by Crippen LogP contribution is -2.42. The SMILES string of the molecule is Cc1cc(C(=O)N2CCOC(c3ccccc3)C2)nn1-c1ccccc1F. The lowest BCUT2D eigenvalue weighted by molar-refractivity contribution is -0.0230. The van der Waals surface area contributed by atoms with E-state index in [0.717, 1.165) is 5.56 Å². The predicted molar refractivity (Wildman–Crippen MR) is 99.3 cm³/mol. The average Bonchev–Trinajstić information content (AvgIpc) is 3.10. The molecular weight excluding hydrogens is 345 g/mol. The Bertz CT molecular complexity index is 955. The molecule has 0 N–H and O–H groups in total. The van der Waals surface area contributed by atoms with E-state index in [1.54, 1.807) is 29.2 Å². The van der Waals surface area contributed by atoms with Crippen molar-refractivity contribution >= 4 is 5.91 Å². The molecule has 1 saturated heterocycles. The van der Waals surface area contributed by atoms with Crippen LogP contribution in [0.4, 0.5) is 4.39 Å². The topological polar surface area (TPSA) is 47.4 Å². The molecular formula is C21H20FN3O2. The van der Waals surface area contributed by atoms with Crippen LogP contribution in [0.25, 0.3) is 5.69 Å². The largest absolute Gasteiger partial charge is 0.370 e. The molecule has 0 spiro atoms. The molecule has 5 nitrogen and oxygen atoms in total. The monoisotopic (exact) mass is 365 g/mol. The van der Waals surface area contributed by atoms with Gasteiger partial charge in [0.05, 0.1) is 13.2 Å². The van der Waals surface area contributed by atoms with Crippen LogP contribution >= 0.6 is 0 Å². The molecule has 1 aliphatic rings. The van der Waals surface area contributed by atoms with Crippen LogP contribution in [0.2, 0.25) is 0 Å². The number of aryl methyl sites for hydroxylation is 1. The molecule has 2 heterocycles. The fraction of sp³-hybridized carbons (Fsp3) is 0.238. The molecule has 1 aromatic heterocycles. The van der Waals surface area contributed by atoms with Gasteiger partial charge in [-0.1, -0.05) is 42.5 Å². The van der Waals surface area contributed by atoms with E-state index in [9.17, 15) is 9.18 Å². The zero-order valence-corrected chi connectivity index (χ0v) is 15.0. The highest BCUT2D eigenvalue weighted by molar-refractivity contribution is 5.92. The average molecular weight is 365 g/mol. The first-order chi connectivity index (χ1) is 13.1. The summed E-state index contributed by atoms with van der Waals surface area (Å²) in [6, 6.07) is 17.9. The van der Waals surface area contributed by atoms with Crippen molar-refractivity contribution in [3.8, 4) is 5.69 Å². The summed E-state index contributed by atoms with van der Waals surface area (Å²) in [5.41, 5.74) is 2.39. The second-order valence-electron chi connectivity index (χ2n) is 6.56. The molecule has 1 fully saturated rings. The summed E-state index contributed by atoms with van der Waals surface area (Å²) in [5.74, 6) is -0.546. The lowest BCUT2D eigenvalue weighted by atomic mass is 10.1. The second-order valence-corrected chi connectivity index (χ2v) is 6.56. The zero-order chi connectivity index (χ0) is 18.8. The van der Waals surface area contributed by atoms with E-state index < -0.39 is 0 Å². The number of carbonyl (C=O) groups excluding carboxylic acids is 1. The Morgan fingerprint density at radius 3 is 2.67 bits per heavy atom. The van der Waals surface area contributed by atoms with Gasteiger partial charge in [0.15, 0.2) is 5.69 Å². The van der Waals surface area contributed by atoms with Gasteiger partial charge in [0, 0.05) is 12.2 Å². The van der Waals surface area contributed by atoms with Gasteiger partial charge in [0.1, 0.15) is 17.6 Å². The van der Waals surface area contributed by atoms with Crippen molar-refractivity contribution in [3.63, 3.8) is 0 Å². The van der Waals surface area contributed by atoms with Crippen LogP contribution in [0.1, 0.15) is 27.8 Å². The maximum absolute atomic E-state index is 14.1. The Balaban J connectivity index is 1.56. The molecule has 0 saturated carbocycles. The minimum atomic E-state index is -0.377. The molecule has 27 heavy (non-hydrogen) atoms. The number of aromatic nitrogens is 2. The van der Waals surface area contributed by atoms with E-state index in [0.29, 0.717) is 36.8 Å². The molecule has 138 valence electrons. The Kier molecular flexibility index (Phi) is 4.73. The predicted octanol–water partition coefficient (Wildman–Crippen LogP) is 3.53. The van der Waals surface area contributed by atoms with Gasteiger partial charge in [0.25, 0.3) is 5.91 Å². The Hall–Kier alpha value is -2.99. The highest BCUT2D eigenvalue weighted by Gasteiger charge is 2.28. The van der Waals surface area contributed by atoms with Gasteiger partial charge in [-0.25, -0.2) is 9.07 Å². The molecule has 1 amide bonds. The fourth-order valence-corrected chi connectivity index (χ4v) is 3.31. The number of rotatable bonds is 3. The van der Waals surface area contributed by atoms with Crippen LogP contribution in [0.5, 0.6) is 0 Å². The van der Waals surface area contributed by atoms with Gasteiger partial charge in [-0.05, 0) is 30.7 Å². The molecule has 4 rings (SSSR count). The molecule has 3 aromatic rings. The summed E-state index contributed by atoms with van der Waals surface area (Å²) < 4.78 is 21.4. The van der Waals surface area contributed by atoms with Crippen molar-refractivity contribution in [2.45, 2.75) is 13.0 Å². The van der Waals surface area contributed by atoms with Crippen LogP contribution in [0, 0.1) is 12.7 Å². The third-order valence-electron chi connectivity index (χ3n) is 4.71. The highest BCUT2D eigenvalue weighted by atomic mass is 19.1. The third kappa shape index (κ3) is 3.48. The quantitative estimate of drug-likeness (QED) is 0.713. The van der Waals surface area contributed by atoms with E-state index in [-0.39, 0.29) is 17.8 Å². The molecule has 1 atom stereocenters. The maximum atomic E-state index is 14.1. The number of hydrogen-bond donors (Lipinski definition) is 0. The lowest BCUT2D eigenvalue weighted by Gasteiger charge is -2.32. The summed E-state index contributed by atoms with van der Waals surface area (Å²) in [5, 5.41) is 4.36. The number of morpholine rings is 1. The number of para-hydroxylation sites is 1. The normalized spacial score (nSPS) is 17.1. The summed E-state index contributed by atoms with van der Waals surface area (Å²) >= 11 is 0. The molecule has 2 aromatic carbocycles. The Morgan fingerprint density at radius 2 is 1.89 bits per heavy atom. The van der Waals surface area contributed by atoms with Crippen molar-refractivity contribution in [1.29, 1.82) is 0 Å². The van der Waals surface area contributed by atoms with E-state index in [4.69, 9.17) is 4.74 Å². The first-order valence-corrected chi connectivity index (χ1v) is 8.91. The summed E-state index contributed by atoms with van der Waals surface area (Å²) in [6.07, 6.45) is -0.154. The van der Waals surface area contributed by atoms with E-state index in [1.165, 1.54) is 10.7 Å². The maximum Gasteiger partial charge on any atom is 0.274 e. The van der Waals surface area contributed by atoms with Gasteiger partial charge in [-0.3, -0.25) is 4.79 Å². The van der Waals surface area contributed by atoms with Gasteiger partial charge in [-0.2, -0.15) is 5.10 Å². The van der Waals surface area contributed by atoms with Crippen LogP contribution < -0.4 is 0 Å². The first-order valence-electron chi connectivity index (χ1n) is 8.91. The summed E-state index contributed by atoms with van der Waals surface area (Å²) in [4.78, 5) is 14.7. The molecule has 6 heteroatoms. The standard InChI is InChI=1S/C21H20FN3O2/c1-15-13-18(23-25(15)19-10-6-5-9-17(19)22)21(26)24-11-12-27-20(14-24)16-7-3-2-4-8-16/h2-10,13,20H,11-12,14H2,1H3. The van der Waals surface area contributed by atoms with Crippen molar-refractivity contribution in [3.05, 3.63) is 83.4 Å². The molecule has 0 bridgehead atoms. The van der Waals surface area contributed by atoms with Crippen molar-refractivity contribution in [2.75, 3.05) is 19.7 Å². The van der Waals surface area contributed by atoms with Crippen LogP contribution in [-0.2, 0) is 4.74 Å². The third-order valence-corrected chi connectivity index (χ3v) is 4.71. The smallest absolute Gasteiger partial charge is 0.274 e. The number of amides is 1. The van der Waals surface area contributed by atoms with E-state index in [2.05, 4.69) is 5.10 Å². The number of halogens is 1. The number of nitrogens with zero attached hydrogens (tertiary/aromatic N) is 3. The van der Waals surface area contributed by atoms with Gasteiger partial charge >= 0.3 is 0 Å². The minimum absolute atomic E-state index is 0.154. The Morgan fingerprint density at radius 1 is 1.15 bits per heavy atom. The second kappa shape index (κ2) is 7.32. The van der Waals surface area contributed by atoms with Gasteiger partial charge in [0.2, 0.25) is 0 Å². The van der Waals surface area contributed by atoms with E-state index in [1.807, 2.05) is 37.3 Å². The zero-order valence-electron chi connectivity index (χ0n) is 15.0. The number of ether oxygens (including phenoxy) is 1. The van der Waals surface area contributed by atoms with Crippen LogP contribution in [0.3, 0.4) is 0 Å². The number of benzene rings is 2. The van der Waals surface area contributed by atoms with Gasteiger partial charge in [-0.15, -0.1) is 0 Å². The van der Waals surface area contributed by atoms with E-state index >= 15 is 0 Å². The van der Waals surface area contributed by atoms with Crippen molar-refractivity contribution in [1.82, 2.24) is 14.7 Å². The van der Waals surface area contributed by atoms with Crippen LogP contribution in [0.15, 0.2) is 60.7 Å². The van der Waals surface area contributed by atoms with Gasteiger partial charge < -0.3 is 9.64 Å². The molecule has 0 radical (unpaired) electrons. The first kappa shape index (κ1) is 17.4. The number of carbonyl (C=O) groups is 1. The highest BCUT2D eigenvalue weighted by Crippen LogP contribution is 2.23. The molecule has 0 aliphatic carbocycles. The minimum Gasteiger partial charge on any atom is -0.370 e. The summed E-state index contributed by atoms with van der Waals surface area (Å²) in [7, 11) is 0. The summed E-state index contributed by atoms with van der Waals surface area (Å²) in [6.45, 7) is 3.25. The molecule has 1 aliphatic heterocycles. The Labute approximate surface area is 157 Å². The molecule has 1 unspecified atom stereocenters.